The summed E-state index contributed by atoms with van der Waals surface area (Å²) in [6, 6.07) is 15.0. The van der Waals surface area contributed by atoms with Crippen molar-refractivity contribution in [3.8, 4) is 0 Å². The molecule has 0 N–H and O–H groups in total. The monoisotopic (exact) mass is 445 g/mol. The Bertz CT molecular complexity index is 1140. The number of hydrogen-bond donors (Lipinski definition) is 0. The van der Waals surface area contributed by atoms with Crippen LogP contribution in [0.25, 0.3) is 10.9 Å². The molecule has 2 atom stereocenters. The predicted molar refractivity (Wildman–Crippen MR) is 131 cm³/mol. The van der Waals surface area contributed by atoms with Gasteiger partial charge < -0.3 is 14.4 Å². The van der Waals surface area contributed by atoms with E-state index in [2.05, 4.69) is 23.6 Å². The number of aryl methyl sites for hydroxylation is 1. The van der Waals surface area contributed by atoms with Gasteiger partial charge in [-0.25, -0.2) is 4.39 Å². The highest BCUT2D eigenvalue weighted by atomic mass is 19.1. The average Bonchev–Trinajstić information content (AvgIpc) is 3.43. The molecule has 2 unspecified atom stereocenters. The molecule has 5 rings (SSSR count). The number of fused-ring (bicyclic) bond motifs is 1. The number of likely N-dealkylation sites (tertiary alicyclic amines) is 2. The molecular formula is C28H32FN3O. The van der Waals surface area contributed by atoms with Crippen molar-refractivity contribution in [2.24, 2.45) is 18.9 Å². The van der Waals surface area contributed by atoms with E-state index in [4.69, 9.17) is 0 Å². The first-order chi connectivity index (χ1) is 16.0. The number of carbonyl (C=O) groups excluding carboxylic acids is 1. The fraction of sp³-hybridized carbons (Fsp3) is 0.393. The van der Waals surface area contributed by atoms with E-state index in [1.165, 1.54) is 5.56 Å². The minimum Gasteiger partial charge on any atom is -0.350 e. The molecule has 0 radical (unpaired) electrons. The highest BCUT2D eigenvalue weighted by Gasteiger charge is 2.36. The lowest BCUT2D eigenvalue weighted by molar-refractivity contribution is 0.0782. The van der Waals surface area contributed by atoms with Crippen LogP contribution in [-0.4, -0.2) is 53.0 Å². The molecule has 0 aliphatic carbocycles. The first-order valence-electron chi connectivity index (χ1n) is 12.0. The Kier molecular flexibility index (Phi) is 6.07. The summed E-state index contributed by atoms with van der Waals surface area (Å²) in [7, 11) is 1.99. The van der Waals surface area contributed by atoms with E-state index in [9.17, 15) is 9.18 Å². The summed E-state index contributed by atoms with van der Waals surface area (Å²) >= 11 is 0. The lowest BCUT2D eigenvalue weighted by Crippen LogP contribution is -2.38. The zero-order valence-electron chi connectivity index (χ0n) is 19.3. The van der Waals surface area contributed by atoms with Crippen LogP contribution in [0.3, 0.4) is 0 Å². The van der Waals surface area contributed by atoms with Crippen LogP contribution < -0.4 is 0 Å². The van der Waals surface area contributed by atoms with Crippen LogP contribution in [0.15, 0.2) is 67.4 Å². The summed E-state index contributed by atoms with van der Waals surface area (Å²) in [5.41, 5.74) is 3.03. The molecule has 0 spiro atoms. The molecular weight excluding hydrogens is 413 g/mol. The van der Waals surface area contributed by atoms with E-state index in [1.54, 1.807) is 12.1 Å². The van der Waals surface area contributed by atoms with Crippen molar-refractivity contribution in [3.05, 3.63) is 84.3 Å². The highest BCUT2D eigenvalue weighted by molar-refractivity contribution is 6.06. The quantitative estimate of drug-likeness (QED) is 0.513. The van der Waals surface area contributed by atoms with E-state index in [0.29, 0.717) is 17.8 Å². The number of rotatable bonds is 5. The summed E-state index contributed by atoms with van der Waals surface area (Å²) in [6.07, 6.45) is 6.23. The average molecular weight is 446 g/mol. The minimum absolute atomic E-state index is 0.117. The van der Waals surface area contributed by atoms with Gasteiger partial charge in [0.2, 0.25) is 0 Å². The Morgan fingerprint density at radius 3 is 2.58 bits per heavy atom. The molecule has 2 saturated heterocycles. The first-order valence-corrected chi connectivity index (χ1v) is 12.0. The maximum atomic E-state index is 13.5. The van der Waals surface area contributed by atoms with E-state index < -0.39 is 0 Å². The van der Waals surface area contributed by atoms with Crippen molar-refractivity contribution in [1.82, 2.24) is 14.4 Å². The second kappa shape index (κ2) is 9.14. The van der Waals surface area contributed by atoms with Crippen molar-refractivity contribution in [2.45, 2.75) is 18.8 Å². The van der Waals surface area contributed by atoms with Gasteiger partial charge >= 0.3 is 0 Å². The Morgan fingerprint density at radius 1 is 1.09 bits per heavy atom. The molecule has 5 heteroatoms. The molecule has 4 nitrogen and oxygen atoms in total. The number of nitrogens with zero attached hydrogens (tertiary/aromatic N) is 3. The van der Waals surface area contributed by atoms with Crippen molar-refractivity contribution in [1.29, 1.82) is 0 Å². The van der Waals surface area contributed by atoms with Gasteiger partial charge in [-0.2, -0.15) is 0 Å². The van der Waals surface area contributed by atoms with Crippen molar-refractivity contribution in [2.75, 3.05) is 32.7 Å². The maximum Gasteiger partial charge on any atom is 0.256 e. The Balaban J connectivity index is 1.23. The fourth-order valence-electron chi connectivity index (χ4n) is 5.74. The summed E-state index contributed by atoms with van der Waals surface area (Å²) < 4.78 is 15.3. The largest absolute Gasteiger partial charge is 0.350 e. The summed E-state index contributed by atoms with van der Waals surface area (Å²) in [4.78, 5) is 18.0. The van der Waals surface area contributed by atoms with Gasteiger partial charge in [0.1, 0.15) is 5.82 Å². The molecule has 1 aromatic heterocycles. The number of amides is 1. The number of piperidine rings is 1. The molecule has 0 saturated carbocycles. The van der Waals surface area contributed by atoms with Gasteiger partial charge in [-0.15, -0.1) is 6.58 Å². The number of para-hydroxylation sites is 1. The molecule has 2 aliphatic heterocycles. The van der Waals surface area contributed by atoms with Crippen LogP contribution in [0.4, 0.5) is 4.39 Å². The predicted octanol–water partition coefficient (Wildman–Crippen LogP) is 5.07. The lowest BCUT2D eigenvalue weighted by Gasteiger charge is -2.34. The third kappa shape index (κ3) is 4.34. The zero-order valence-corrected chi connectivity index (χ0v) is 19.3. The van der Waals surface area contributed by atoms with E-state index in [1.807, 2.05) is 53.1 Å². The summed E-state index contributed by atoms with van der Waals surface area (Å²) in [6.45, 7) is 8.66. The maximum absolute atomic E-state index is 13.5. The van der Waals surface area contributed by atoms with Crippen molar-refractivity contribution < 1.29 is 9.18 Å². The van der Waals surface area contributed by atoms with Gasteiger partial charge in [0.15, 0.2) is 0 Å². The fourth-order valence-corrected chi connectivity index (χ4v) is 5.74. The van der Waals surface area contributed by atoms with Crippen LogP contribution in [0.5, 0.6) is 0 Å². The standard InChI is InChI=1S/C28H32FN3O/c1-3-20-18-32(28(33)26-6-4-5-23-11-14-30(2)27(23)26)19-24(20)17-31-15-12-22(13-16-31)21-7-9-25(29)10-8-21/h3-11,14,20,22,24H,1,12-13,15-19H2,2H3. The van der Waals surface area contributed by atoms with E-state index in [-0.39, 0.29) is 11.7 Å². The van der Waals surface area contributed by atoms with E-state index >= 15 is 0 Å². The highest BCUT2D eigenvalue weighted by Crippen LogP contribution is 2.32. The molecule has 0 bridgehead atoms. The molecule has 3 heterocycles. The third-order valence-corrected chi connectivity index (χ3v) is 7.63. The Labute approximate surface area is 195 Å². The summed E-state index contributed by atoms with van der Waals surface area (Å²) in [5.74, 6) is 1.17. The number of benzene rings is 2. The Morgan fingerprint density at radius 2 is 1.85 bits per heavy atom. The second-order valence-electron chi connectivity index (χ2n) is 9.67. The number of aromatic nitrogens is 1. The van der Waals surface area contributed by atoms with Crippen LogP contribution in [0.1, 0.15) is 34.7 Å². The van der Waals surface area contributed by atoms with Crippen molar-refractivity contribution in [3.63, 3.8) is 0 Å². The van der Waals surface area contributed by atoms with Gasteiger partial charge in [0, 0.05) is 38.3 Å². The van der Waals surface area contributed by atoms with Gasteiger partial charge in [0.05, 0.1) is 11.1 Å². The van der Waals surface area contributed by atoms with Crippen LogP contribution >= 0.6 is 0 Å². The number of halogens is 1. The molecule has 3 aromatic rings. The zero-order chi connectivity index (χ0) is 22.9. The second-order valence-corrected chi connectivity index (χ2v) is 9.67. The number of hydrogen-bond acceptors (Lipinski definition) is 2. The van der Waals surface area contributed by atoms with Gasteiger partial charge in [-0.3, -0.25) is 4.79 Å². The van der Waals surface area contributed by atoms with Crippen LogP contribution in [0.2, 0.25) is 0 Å². The normalized spacial score (nSPS) is 22.2. The number of carbonyl (C=O) groups is 1. The van der Waals surface area contributed by atoms with Crippen LogP contribution in [0, 0.1) is 17.7 Å². The SMILES string of the molecule is C=CC1CN(C(=O)c2cccc3ccn(C)c23)CC1CN1CCC(c2ccc(F)cc2)CC1. The molecule has 2 fully saturated rings. The molecule has 2 aromatic carbocycles. The molecule has 2 aliphatic rings. The topological polar surface area (TPSA) is 28.5 Å². The Hall–Kier alpha value is -2.92. The van der Waals surface area contributed by atoms with Gasteiger partial charge in [0.25, 0.3) is 5.91 Å². The first kappa shape index (κ1) is 21.9. The van der Waals surface area contributed by atoms with Crippen LogP contribution in [-0.2, 0) is 7.05 Å². The summed E-state index contributed by atoms with van der Waals surface area (Å²) in [5, 5.41) is 1.10. The smallest absolute Gasteiger partial charge is 0.256 e. The molecule has 33 heavy (non-hydrogen) atoms. The lowest BCUT2D eigenvalue weighted by atomic mass is 9.88. The minimum atomic E-state index is -0.171. The van der Waals surface area contributed by atoms with Crippen molar-refractivity contribution >= 4 is 16.8 Å². The molecule has 172 valence electrons. The van der Waals surface area contributed by atoms with Gasteiger partial charge in [-0.1, -0.05) is 30.3 Å². The van der Waals surface area contributed by atoms with E-state index in [0.717, 1.165) is 62.0 Å². The third-order valence-electron chi connectivity index (χ3n) is 7.63. The van der Waals surface area contributed by atoms with Gasteiger partial charge in [-0.05, 0) is 73.5 Å². The molecule has 1 amide bonds.